The number of rotatable bonds is 2. The molecule has 0 bridgehead atoms. The molecule has 0 unspecified atom stereocenters. The summed E-state index contributed by atoms with van der Waals surface area (Å²) in [5, 5.41) is 9.18. The van der Waals surface area contributed by atoms with Gasteiger partial charge in [-0.25, -0.2) is 0 Å². The normalized spacial score (nSPS) is 16.2. The van der Waals surface area contributed by atoms with Gasteiger partial charge < -0.3 is 14.6 Å². The van der Waals surface area contributed by atoms with Crippen molar-refractivity contribution in [2.45, 2.75) is 33.0 Å². The minimum absolute atomic E-state index is 0.0340. The Hall–Kier alpha value is -1.13. The molecule has 16 heavy (non-hydrogen) atoms. The van der Waals surface area contributed by atoms with Gasteiger partial charge in [-0.15, -0.1) is 0 Å². The lowest BCUT2D eigenvalue weighted by Gasteiger charge is -2.27. The van der Waals surface area contributed by atoms with Crippen LogP contribution in [0.2, 0.25) is 0 Å². The molecule has 2 heterocycles. The molecule has 4 nitrogen and oxygen atoms in total. The molecule has 1 aliphatic heterocycles. The highest BCUT2D eigenvalue weighted by molar-refractivity contribution is 5.28. The van der Waals surface area contributed by atoms with E-state index in [4.69, 9.17) is 0 Å². The Morgan fingerprint density at radius 1 is 1.50 bits per heavy atom. The van der Waals surface area contributed by atoms with E-state index in [0.717, 1.165) is 25.2 Å². The minimum Gasteiger partial charge on any atom is -0.391 e. The second kappa shape index (κ2) is 4.39. The Bertz CT molecular complexity index is 451. The number of nitrogens with zero attached hydrogens (tertiary/aromatic N) is 2. The van der Waals surface area contributed by atoms with Crippen LogP contribution in [0.15, 0.2) is 10.9 Å². The fourth-order valence-electron chi connectivity index (χ4n) is 2.37. The van der Waals surface area contributed by atoms with Crippen molar-refractivity contribution in [3.8, 4) is 0 Å². The molecule has 1 aliphatic rings. The SMILES string of the molecule is CCn1c2c(cc(CO)c1=O)CN(C)CC2. The summed E-state index contributed by atoms with van der Waals surface area (Å²) >= 11 is 0. The molecule has 0 amide bonds. The van der Waals surface area contributed by atoms with Crippen LogP contribution in [0.1, 0.15) is 23.7 Å². The van der Waals surface area contributed by atoms with Gasteiger partial charge in [0.15, 0.2) is 0 Å². The number of aromatic nitrogens is 1. The fourth-order valence-corrected chi connectivity index (χ4v) is 2.37. The molecule has 0 radical (unpaired) electrons. The predicted octanol–water partition coefficient (Wildman–Crippen LogP) is 0.348. The van der Waals surface area contributed by atoms with Gasteiger partial charge in [-0.1, -0.05) is 0 Å². The van der Waals surface area contributed by atoms with Crippen molar-refractivity contribution in [1.82, 2.24) is 9.47 Å². The summed E-state index contributed by atoms with van der Waals surface area (Å²) in [7, 11) is 2.07. The van der Waals surface area contributed by atoms with Gasteiger partial charge in [0.2, 0.25) is 0 Å². The lowest BCUT2D eigenvalue weighted by atomic mass is 10.0. The van der Waals surface area contributed by atoms with Gasteiger partial charge in [0, 0.05) is 37.3 Å². The van der Waals surface area contributed by atoms with Crippen molar-refractivity contribution in [1.29, 1.82) is 0 Å². The van der Waals surface area contributed by atoms with E-state index < -0.39 is 0 Å². The molecule has 0 aromatic carbocycles. The minimum atomic E-state index is -0.171. The number of aliphatic hydroxyl groups is 1. The van der Waals surface area contributed by atoms with E-state index in [9.17, 15) is 9.90 Å². The molecular formula is C12H18N2O2. The topological polar surface area (TPSA) is 45.5 Å². The van der Waals surface area contributed by atoms with E-state index >= 15 is 0 Å². The van der Waals surface area contributed by atoms with E-state index in [1.165, 1.54) is 5.56 Å². The third kappa shape index (κ3) is 1.79. The smallest absolute Gasteiger partial charge is 0.256 e. The van der Waals surface area contributed by atoms with Gasteiger partial charge in [-0.3, -0.25) is 4.79 Å². The largest absolute Gasteiger partial charge is 0.391 e. The molecule has 0 atom stereocenters. The van der Waals surface area contributed by atoms with Crippen LogP contribution in [0.3, 0.4) is 0 Å². The summed E-state index contributed by atoms with van der Waals surface area (Å²) in [4.78, 5) is 14.2. The van der Waals surface area contributed by atoms with Crippen molar-refractivity contribution in [2.24, 2.45) is 0 Å². The van der Waals surface area contributed by atoms with Crippen molar-refractivity contribution in [2.75, 3.05) is 13.6 Å². The molecule has 0 aliphatic carbocycles. The van der Waals surface area contributed by atoms with Crippen molar-refractivity contribution in [3.63, 3.8) is 0 Å². The predicted molar refractivity (Wildman–Crippen MR) is 62.3 cm³/mol. The molecule has 88 valence electrons. The molecule has 1 aromatic heterocycles. The van der Waals surface area contributed by atoms with Crippen molar-refractivity contribution in [3.05, 3.63) is 33.2 Å². The number of aliphatic hydroxyl groups excluding tert-OH is 1. The molecule has 1 aromatic rings. The highest BCUT2D eigenvalue weighted by Gasteiger charge is 2.18. The number of likely N-dealkylation sites (N-methyl/N-ethyl adjacent to an activating group) is 1. The number of hydrogen-bond donors (Lipinski definition) is 1. The first-order valence-corrected chi connectivity index (χ1v) is 5.71. The second-order valence-corrected chi connectivity index (χ2v) is 4.34. The number of pyridine rings is 1. The monoisotopic (exact) mass is 222 g/mol. The highest BCUT2D eigenvalue weighted by atomic mass is 16.3. The van der Waals surface area contributed by atoms with Crippen LogP contribution < -0.4 is 5.56 Å². The summed E-state index contributed by atoms with van der Waals surface area (Å²) in [6.07, 6.45) is 0.917. The molecule has 0 saturated carbocycles. The lowest BCUT2D eigenvalue weighted by molar-refractivity contribution is 0.275. The molecule has 0 saturated heterocycles. The number of fused-ring (bicyclic) bond motifs is 1. The maximum atomic E-state index is 12.0. The maximum Gasteiger partial charge on any atom is 0.256 e. The summed E-state index contributed by atoms with van der Waals surface area (Å²) in [5.41, 5.74) is 2.80. The Balaban J connectivity index is 2.60. The Morgan fingerprint density at radius 3 is 2.88 bits per heavy atom. The molecule has 2 rings (SSSR count). The molecule has 1 N–H and O–H groups in total. The Labute approximate surface area is 95.1 Å². The molecule has 0 fully saturated rings. The first-order chi connectivity index (χ1) is 7.67. The van der Waals surface area contributed by atoms with Gasteiger partial charge in [-0.05, 0) is 25.6 Å². The quantitative estimate of drug-likeness (QED) is 0.785. The average Bonchev–Trinajstić information content (AvgIpc) is 2.28. The Morgan fingerprint density at radius 2 is 2.25 bits per heavy atom. The van der Waals surface area contributed by atoms with Crippen LogP contribution in [-0.4, -0.2) is 28.2 Å². The van der Waals surface area contributed by atoms with Gasteiger partial charge in [0.1, 0.15) is 0 Å². The third-order valence-corrected chi connectivity index (χ3v) is 3.22. The van der Waals surface area contributed by atoms with Crippen LogP contribution in [0, 0.1) is 0 Å². The molecule has 4 heteroatoms. The van der Waals surface area contributed by atoms with Crippen LogP contribution in [-0.2, 0) is 26.1 Å². The standard InChI is InChI=1S/C12H18N2O2/c1-3-14-11-4-5-13(2)7-9(11)6-10(8-15)12(14)16/h6,15H,3-5,7-8H2,1-2H3. The van der Waals surface area contributed by atoms with Crippen LogP contribution in [0.25, 0.3) is 0 Å². The third-order valence-electron chi connectivity index (χ3n) is 3.22. The fraction of sp³-hybridized carbons (Fsp3) is 0.583. The van der Waals surface area contributed by atoms with E-state index in [1.807, 2.05) is 13.0 Å². The molecule has 0 spiro atoms. The summed E-state index contributed by atoms with van der Waals surface area (Å²) in [6, 6.07) is 1.86. The zero-order chi connectivity index (χ0) is 11.7. The maximum absolute atomic E-state index is 12.0. The first-order valence-electron chi connectivity index (χ1n) is 5.71. The summed E-state index contributed by atoms with van der Waals surface area (Å²) in [5.74, 6) is 0. The summed E-state index contributed by atoms with van der Waals surface area (Å²) in [6.45, 7) is 4.34. The average molecular weight is 222 g/mol. The zero-order valence-corrected chi connectivity index (χ0v) is 9.86. The molecular weight excluding hydrogens is 204 g/mol. The van der Waals surface area contributed by atoms with Crippen LogP contribution in [0.5, 0.6) is 0 Å². The number of hydrogen-bond acceptors (Lipinski definition) is 3. The first kappa shape index (κ1) is 11.4. The lowest BCUT2D eigenvalue weighted by Crippen LogP contribution is -2.35. The van der Waals surface area contributed by atoms with Crippen LogP contribution in [0.4, 0.5) is 0 Å². The van der Waals surface area contributed by atoms with Crippen molar-refractivity contribution < 1.29 is 5.11 Å². The van der Waals surface area contributed by atoms with E-state index in [-0.39, 0.29) is 12.2 Å². The van der Waals surface area contributed by atoms with Gasteiger partial charge in [0.25, 0.3) is 5.56 Å². The zero-order valence-electron chi connectivity index (χ0n) is 9.86. The second-order valence-electron chi connectivity index (χ2n) is 4.34. The van der Waals surface area contributed by atoms with Gasteiger partial charge >= 0.3 is 0 Å². The van der Waals surface area contributed by atoms with Gasteiger partial charge in [0.05, 0.1) is 6.61 Å². The summed E-state index contributed by atoms with van der Waals surface area (Å²) < 4.78 is 1.80. The van der Waals surface area contributed by atoms with Gasteiger partial charge in [-0.2, -0.15) is 0 Å². The van der Waals surface area contributed by atoms with Crippen LogP contribution >= 0.6 is 0 Å². The highest BCUT2D eigenvalue weighted by Crippen LogP contribution is 2.17. The van der Waals surface area contributed by atoms with Crippen molar-refractivity contribution >= 4 is 0 Å². The van der Waals surface area contributed by atoms with E-state index in [1.54, 1.807) is 4.57 Å². The van der Waals surface area contributed by atoms with E-state index in [0.29, 0.717) is 12.1 Å². The Kier molecular flexibility index (Phi) is 3.12. The van der Waals surface area contributed by atoms with E-state index in [2.05, 4.69) is 11.9 Å².